The van der Waals surface area contributed by atoms with Gasteiger partial charge in [0, 0.05) is 25.2 Å². The molecule has 0 amide bonds. The Morgan fingerprint density at radius 3 is 3.00 bits per heavy atom. The van der Waals surface area contributed by atoms with E-state index < -0.39 is 5.97 Å². The molecule has 1 unspecified atom stereocenters. The van der Waals surface area contributed by atoms with Gasteiger partial charge in [-0.05, 0) is 37.0 Å². The molecule has 1 aromatic rings. The van der Waals surface area contributed by atoms with Crippen molar-refractivity contribution in [2.75, 3.05) is 18.0 Å². The summed E-state index contributed by atoms with van der Waals surface area (Å²) in [6.45, 7) is 1.63. The van der Waals surface area contributed by atoms with Gasteiger partial charge in [-0.3, -0.25) is 4.79 Å². The number of carboxylic acid groups (broad SMARTS) is 1. The zero-order chi connectivity index (χ0) is 13.8. The van der Waals surface area contributed by atoms with E-state index in [1.54, 1.807) is 12.1 Å². The number of anilines is 1. The zero-order valence-electron chi connectivity index (χ0n) is 10.5. The number of nitriles is 1. The van der Waals surface area contributed by atoms with Crippen molar-refractivity contribution in [2.24, 2.45) is 5.92 Å². The summed E-state index contributed by atoms with van der Waals surface area (Å²) in [6, 6.07) is 7.39. The van der Waals surface area contributed by atoms with Gasteiger partial charge in [-0.15, -0.1) is 0 Å². The number of benzene rings is 1. The maximum atomic E-state index is 10.8. The van der Waals surface area contributed by atoms with Gasteiger partial charge in [0.25, 0.3) is 0 Å². The van der Waals surface area contributed by atoms with Crippen LogP contribution in [0.5, 0.6) is 0 Å². The normalized spacial score (nSPS) is 18.9. The van der Waals surface area contributed by atoms with Crippen molar-refractivity contribution in [3.05, 3.63) is 28.8 Å². The Morgan fingerprint density at radius 1 is 1.58 bits per heavy atom. The summed E-state index contributed by atoms with van der Waals surface area (Å²) in [4.78, 5) is 12.9. The summed E-state index contributed by atoms with van der Waals surface area (Å²) in [5.74, 6) is -0.564. The highest BCUT2D eigenvalue weighted by molar-refractivity contribution is 6.32. The molecule has 100 valence electrons. The number of piperidine rings is 1. The van der Waals surface area contributed by atoms with Crippen LogP contribution in [0.4, 0.5) is 5.69 Å². The Balaban J connectivity index is 2.11. The molecule has 0 aromatic heterocycles. The van der Waals surface area contributed by atoms with Gasteiger partial charge in [-0.25, -0.2) is 0 Å². The second-order valence-corrected chi connectivity index (χ2v) is 5.24. The first-order chi connectivity index (χ1) is 9.10. The van der Waals surface area contributed by atoms with E-state index in [-0.39, 0.29) is 12.3 Å². The first-order valence-corrected chi connectivity index (χ1v) is 6.64. The third kappa shape index (κ3) is 3.39. The standard InChI is InChI=1S/C14H15ClN2O2/c15-13-7-12(4-3-11(13)8-16)17-5-1-2-10(9-17)6-14(18)19/h3-4,7,10H,1-2,5-6,9H2,(H,18,19). The molecule has 2 rings (SSSR count). The number of rotatable bonds is 3. The summed E-state index contributed by atoms with van der Waals surface area (Å²) in [5, 5.41) is 18.2. The fraction of sp³-hybridized carbons (Fsp3) is 0.429. The van der Waals surface area contributed by atoms with Gasteiger partial charge in [0.15, 0.2) is 0 Å². The van der Waals surface area contributed by atoms with Crippen molar-refractivity contribution in [3.8, 4) is 6.07 Å². The lowest BCUT2D eigenvalue weighted by atomic mass is 9.94. The number of carboxylic acids is 1. The van der Waals surface area contributed by atoms with Crippen molar-refractivity contribution in [1.82, 2.24) is 0 Å². The van der Waals surface area contributed by atoms with Crippen LogP contribution in [-0.2, 0) is 4.79 Å². The highest BCUT2D eigenvalue weighted by Crippen LogP contribution is 2.28. The first kappa shape index (κ1) is 13.7. The molecule has 0 bridgehead atoms. The molecular formula is C14H15ClN2O2. The van der Waals surface area contributed by atoms with Crippen LogP contribution in [-0.4, -0.2) is 24.2 Å². The second kappa shape index (κ2) is 5.94. The zero-order valence-corrected chi connectivity index (χ0v) is 11.2. The lowest BCUT2D eigenvalue weighted by Crippen LogP contribution is -2.36. The first-order valence-electron chi connectivity index (χ1n) is 6.26. The summed E-state index contributed by atoms with van der Waals surface area (Å²) < 4.78 is 0. The lowest BCUT2D eigenvalue weighted by molar-refractivity contribution is -0.138. The van der Waals surface area contributed by atoms with E-state index in [1.807, 2.05) is 12.1 Å². The molecule has 1 N–H and O–H groups in total. The van der Waals surface area contributed by atoms with Gasteiger partial charge in [0.05, 0.1) is 10.6 Å². The van der Waals surface area contributed by atoms with Crippen LogP contribution in [0.25, 0.3) is 0 Å². The quantitative estimate of drug-likeness (QED) is 0.923. The van der Waals surface area contributed by atoms with Gasteiger partial charge < -0.3 is 10.0 Å². The van der Waals surface area contributed by atoms with E-state index in [4.69, 9.17) is 22.0 Å². The van der Waals surface area contributed by atoms with Crippen molar-refractivity contribution < 1.29 is 9.90 Å². The molecule has 1 heterocycles. The number of hydrogen-bond acceptors (Lipinski definition) is 3. The van der Waals surface area contributed by atoms with Crippen LogP contribution >= 0.6 is 11.6 Å². The average Bonchev–Trinajstić information content (AvgIpc) is 2.38. The molecule has 0 saturated carbocycles. The fourth-order valence-corrected chi connectivity index (χ4v) is 2.72. The number of nitrogens with zero attached hydrogens (tertiary/aromatic N) is 2. The molecule has 1 aliphatic heterocycles. The summed E-state index contributed by atoms with van der Waals surface area (Å²) in [7, 11) is 0. The smallest absolute Gasteiger partial charge is 0.303 e. The molecule has 5 heteroatoms. The molecule has 1 aromatic carbocycles. The monoisotopic (exact) mass is 278 g/mol. The van der Waals surface area contributed by atoms with Gasteiger partial charge >= 0.3 is 5.97 Å². The average molecular weight is 279 g/mol. The highest BCUT2D eigenvalue weighted by Gasteiger charge is 2.22. The van der Waals surface area contributed by atoms with Gasteiger partial charge in [-0.2, -0.15) is 5.26 Å². The molecular weight excluding hydrogens is 264 g/mol. The van der Waals surface area contributed by atoms with Crippen LogP contribution in [0.15, 0.2) is 18.2 Å². The molecule has 1 saturated heterocycles. The van der Waals surface area contributed by atoms with E-state index in [0.717, 1.165) is 31.6 Å². The number of aliphatic carboxylic acids is 1. The topological polar surface area (TPSA) is 64.3 Å². The predicted octanol–water partition coefficient (Wildman–Crippen LogP) is 2.90. The lowest BCUT2D eigenvalue weighted by Gasteiger charge is -2.34. The molecule has 19 heavy (non-hydrogen) atoms. The van der Waals surface area contributed by atoms with Crippen molar-refractivity contribution in [3.63, 3.8) is 0 Å². The summed E-state index contributed by atoms with van der Waals surface area (Å²) in [5.41, 5.74) is 1.42. The minimum Gasteiger partial charge on any atom is -0.481 e. The van der Waals surface area contributed by atoms with Crippen LogP contribution in [0.1, 0.15) is 24.8 Å². The van der Waals surface area contributed by atoms with E-state index >= 15 is 0 Å². The number of carbonyl (C=O) groups is 1. The molecule has 4 nitrogen and oxygen atoms in total. The SMILES string of the molecule is N#Cc1ccc(N2CCCC(CC(=O)O)C2)cc1Cl. The largest absolute Gasteiger partial charge is 0.481 e. The Hall–Kier alpha value is -1.73. The number of hydrogen-bond donors (Lipinski definition) is 1. The highest BCUT2D eigenvalue weighted by atomic mass is 35.5. The van der Waals surface area contributed by atoms with Crippen molar-refractivity contribution in [1.29, 1.82) is 5.26 Å². The van der Waals surface area contributed by atoms with Gasteiger partial charge in [-0.1, -0.05) is 11.6 Å². The fourth-order valence-electron chi connectivity index (χ4n) is 2.50. The maximum Gasteiger partial charge on any atom is 0.303 e. The Labute approximate surface area is 117 Å². The Bertz CT molecular complexity index is 525. The minimum atomic E-state index is -0.746. The van der Waals surface area contributed by atoms with Crippen LogP contribution in [0.3, 0.4) is 0 Å². The molecule has 0 spiro atoms. The predicted molar refractivity (Wildman–Crippen MR) is 73.4 cm³/mol. The van der Waals surface area contributed by atoms with Gasteiger partial charge in [0.2, 0.25) is 0 Å². The Morgan fingerprint density at radius 2 is 2.37 bits per heavy atom. The molecule has 1 aliphatic rings. The molecule has 1 atom stereocenters. The maximum absolute atomic E-state index is 10.8. The van der Waals surface area contributed by atoms with Crippen LogP contribution in [0, 0.1) is 17.2 Å². The number of halogens is 1. The minimum absolute atomic E-state index is 0.181. The molecule has 1 fully saturated rings. The second-order valence-electron chi connectivity index (χ2n) is 4.83. The van der Waals surface area contributed by atoms with Gasteiger partial charge in [0.1, 0.15) is 6.07 Å². The van der Waals surface area contributed by atoms with Crippen LogP contribution in [0.2, 0.25) is 5.02 Å². The van der Waals surface area contributed by atoms with Crippen molar-refractivity contribution in [2.45, 2.75) is 19.3 Å². The van der Waals surface area contributed by atoms with E-state index in [0.29, 0.717) is 10.6 Å². The third-order valence-corrected chi connectivity index (χ3v) is 3.73. The van der Waals surface area contributed by atoms with Crippen LogP contribution < -0.4 is 4.90 Å². The third-order valence-electron chi connectivity index (χ3n) is 3.42. The van der Waals surface area contributed by atoms with E-state index in [1.165, 1.54) is 0 Å². The molecule has 0 radical (unpaired) electrons. The van der Waals surface area contributed by atoms with Crippen molar-refractivity contribution >= 4 is 23.3 Å². The Kier molecular flexibility index (Phi) is 4.28. The van der Waals surface area contributed by atoms with E-state index in [9.17, 15) is 4.79 Å². The summed E-state index contributed by atoms with van der Waals surface area (Å²) in [6.07, 6.45) is 2.14. The molecule has 0 aliphatic carbocycles. The van der Waals surface area contributed by atoms with E-state index in [2.05, 4.69) is 4.90 Å². The summed E-state index contributed by atoms with van der Waals surface area (Å²) >= 11 is 6.03.